The van der Waals surface area contributed by atoms with Crippen molar-refractivity contribution in [2.24, 2.45) is 5.92 Å². The van der Waals surface area contributed by atoms with Crippen molar-refractivity contribution in [2.45, 2.75) is 37.8 Å². The zero-order valence-electron chi connectivity index (χ0n) is 14.6. The number of rotatable bonds is 9. The number of nitrogens with zero attached hydrogens (tertiary/aromatic N) is 1. The van der Waals surface area contributed by atoms with Gasteiger partial charge in [0.2, 0.25) is 0 Å². The van der Waals surface area contributed by atoms with E-state index in [9.17, 15) is 0 Å². The molecule has 0 spiro atoms. The van der Waals surface area contributed by atoms with Crippen LogP contribution < -0.4 is 10.1 Å². The maximum atomic E-state index is 5.86. The van der Waals surface area contributed by atoms with Crippen molar-refractivity contribution in [3.63, 3.8) is 0 Å². The lowest BCUT2D eigenvalue weighted by Crippen LogP contribution is -2.46. The Morgan fingerprint density at radius 3 is 2.84 bits per heavy atom. The minimum atomic E-state index is 0.513. The molecular formula is C21H26N2O2. The number of benzene rings is 1. The van der Waals surface area contributed by atoms with E-state index in [0.717, 1.165) is 37.8 Å². The Labute approximate surface area is 149 Å². The fourth-order valence-corrected chi connectivity index (χ4v) is 3.38. The molecule has 132 valence electrons. The summed E-state index contributed by atoms with van der Waals surface area (Å²) in [5, 5.41) is 3.35. The highest BCUT2D eigenvalue weighted by atomic mass is 16.5. The first kappa shape index (κ1) is 16.6. The molecule has 4 heteroatoms. The van der Waals surface area contributed by atoms with E-state index in [4.69, 9.17) is 9.47 Å². The maximum Gasteiger partial charge on any atom is 0.137 e. The van der Waals surface area contributed by atoms with E-state index in [1.807, 2.05) is 18.5 Å². The summed E-state index contributed by atoms with van der Waals surface area (Å²) in [5.74, 6) is 2.25. The highest BCUT2D eigenvalue weighted by molar-refractivity contribution is 5.30. The third kappa shape index (κ3) is 4.59. The van der Waals surface area contributed by atoms with Gasteiger partial charge in [0.25, 0.3) is 0 Å². The summed E-state index contributed by atoms with van der Waals surface area (Å²) in [6.07, 6.45) is 7.38. The predicted octanol–water partition coefficient (Wildman–Crippen LogP) is 3.53. The van der Waals surface area contributed by atoms with Gasteiger partial charge in [-0.2, -0.15) is 0 Å². The van der Waals surface area contributed by atoms with E-state index >= 15 is 0 Å². The maximum absolute atomic E-state index is 5.86. The van der Waals surface area contributed by atoms with Crippen LogP contribution in [-0.2, 0) is 11.3 Å². The monoisotopic (exact) mass is 338 g/mol. The van der Waals surface area contributed by atoms with Gasteiger partial charge in [0.15, 0.2) is 0 Å². The van der Waals surface area contributed by atoms with E-state index in [-0.39, 0.29) is 0 Å². The summed E-state index contributed by atoms with van der Waals surface area (Å²) in [6.45, 7) is 3.39. The first-order valence-corrected chi connectivity index (χ1v) is 9.31. The van der Waals surface area contributed by atoms with Crippen LogP contribution in [0, 0.1) is 5.92 Å². The molecule has 1 aromatic heterocycles. The first-order valence-electron chi connectivity index (χ1n) is 9.31. The Kier molecular flexibility index (Phi) is 5.28. The molecule has 4 nitrogen and oxygen atoms in total. The summed E-state index contributed by atoms with van der Waals surface area (Å²) in [5.41, 5.74) is 2.55. The van der Waals surface area contributed by atoms with Crippen LogP contribution in [0.2, 0.25) is 0 Å². The minimum absolute atomic E-state index is 0.513. The molecule has 0 radical (unpaired) electrons. The number of hydrogen-bond acceptors (Lipinski definition) is 4. The van der Waals surface area contributed by atoms with Crippen LogP contribution in [0.1, 0.15) is 36.3 Å². The van der Waals surface area contributed by atoms with Gasteiger partial charge in [-0.15, -0.1) is 0 Å². The molecule has 3 unspecified atom stereocenters. The lowest BCUT2D eigenvalue weighted by atomic mass is 10.1. The average Bonchev–Trinajstić information content (AvgIpc) is 3.38. The highest BCUT2D eigenvalue weighted by Gasteiger charge is 2.38. The molecule has 2 fully saturated rings. The van der Waals surface area contributed by atoms with Crippen molar-refractivity contribution in [1.82, 2.24) is 10.3 Å². The van der Waals surface area contributed by atoms with E-state index in [2.05, 4.69) is 40.6 Å². The topological polar surface area (TPSA) is 43.4 Å². The summed E-state index contributed by atoms with van der Waals surface area (Å²) < 4.78 is 11.7. The molecule has 25 heavy (non-hydrogen) atoms. The van der Waals surface area contributed by atoms with E-state index in [1.54, 1.807) is 0 Å². The Bertz CT molecular complexity index is 673. The summed E-state index contributed by atoms with van der Waals surface area (Å²) in [4.78, 5) is 4.36. The van der Waals surface area contributed by atoms with Gasteiger partial charge in [0.05, 0.1) is 12.8 Å². The van der Waals surface area contributed by atoms with Crippen LogP contribution >= 0.6 is 0 Å². The molecule has 0 bridgehead atoms. The number of aromatic nitrogens is 1. The molecule has 3 atom stereocenters. The lowest BCUT2D eigenvalue weighted by Gasteiger charge is -2.27. The van der Waals surface area contributed by atoms with Crippen molar-refractivity contribution >= 4 is 0 Å². The Balaban J connectivity index is 1.18. The molecule has 2 heterocycles. The van der Waals surface area contributed by atoms with Crippen LogP contribution in [0.25, 0.3) is 0 Å². The Morgan fingerprint density at radius 1 is 1.16 bits per heavy atom. The first-order chi connectivity index (χ1) is 12.4. The second kappa shape index (κ2) is 7.98. The summed E-state index contributed by atoms with van der Waals surface area (Å²) in [7, 11) is 0. The smallest absolute Gasteiger partial charge is 0.137 e. The number of nitrogens with one attached hydrogen (secondary N) is 1. The number of hydrogen-bond donors (Lipinski definition) is 1. The van der Waals surface area contributed by atoms with Gasteiger partial charge in [-0.25, -0.2) is 0 Å². The number of pyridine rings is 1. The second-order valence-corrected chi connectivity index (χ2v) is 7.13. The fourth-order valence-electron chi connectivity index (χ4n) is 3.38. The zero-order chi connectivity index (χ0) is 16.9. The molecule has 4 rings (SSSR count). The average molecular weight is 338 g/mol. The largest absolute Gasteiger partial charge is 0.490 e. The van der Waals surface area contributed by atoms with Crippen LogP contribution in [0.15, 0.2) is 48.8 Å². The normalized spacial score (nSPS) is 24.6. The van der Waals surface area contributed by atoms with E-state index < -0.39 is 0 Å². The summed E-state index contributed by atoms with van der Waals surface area (Å²) >= 11 is 0. The van der Waals surface area contributed by atoms with Crippen LogP contribution in [0.3, 0.4) is 0 Å². The predicted molar refractivity (Wildman–Crippen MR) is 97.7 cm³/mol. The van der Waals surface area contributed by atoms with E-state index in [0.29, 0.717) is 18.6 Å². The number of ether oxygens (including phenoxy) is 2. The highest BCUT2D eigenvalue weighted by Crippen LogP contribution is 2.49. The molecule has 1 aromatic carbocycles. The molecule has 1 saturated carbocycles. The van der Waals surface area contributed by atoms with Crippen molar-refractivity contribution in [1.29, 1.82) is 0 Å². The van der Waals surface area contributed by atoms with E-state index in [1.165, 1.54) is 24.0 Å². The molecule has 1 aliphatic heterocycles. The standard InChI is InChI=1S/C21H26N2O2/c1-2-4-16(5-3-1)14-24-9-7-17-11-21(17)18-10-20(13-22-12-18)25-15-19-6-8-23-19/h1-5,10,12-13,17,19,21,23H,6-9,11,14-15H2. The molecule has 0 amide bonds. The zero-order valence-corrected chi connectivity index (χ0v) is 14.6. The van der Waals surface area contributed by atoms with Crippen LogP contribution in [0.4, 0.5) is 0 Å². The van der Waals surface area contributed by atoms with Crippen molar-refractivity contribution in [3.8, 4) is 5.75 Å². The molecule has 2 aliphatic rings. The van der Waals surface area contributed by atoms with Crippen molar-refractivity contribution < 1.29 is 9.47 Å². The van der Waals surface area contributed by atoms with Gasteiger partial charge in [0.1, 0.15) is 12.4 Å². The SMILES string of the molecule is c1ccc(COCCC2CC2c2cncc(OCC3CCN3)c2)cc1. The Morgan fingerprint density at radius 2 is 2.04 bits per heavy atom. The fraction of sp³-hybridized carbons (Fsp3) is 0.476. The molecular weight excluding hydrogens is 312 g/mol. The second-order valence-electron chi connectivity index (χ2n) is 7.13. The van der Waals surface area contributed by atoms with Crippen molar-refractivity contribution in [3.05, 3.63) is 59.9 Å². The van der Waals surface area contributed by atoms with Crippen molar-refractivity contribution in [2.75, 3.05) is 19.8 Å². The van der Waals surface area contributed by atoms with Gasteiger partial charge in [-0.05, 0) is 54.8 Å². The van der Waals surface area contributed by atoms with Gasteiger partial charge in [-0.3, -0.25) is 4.98 Å². The summed E-state index contributed by atoms with van der Waals surface area (Å²) in [6, 6.07) is 13.0. The Hall–Kier alpha value is -1.91. The molecule has 1 aliphatic carbocycles. The molecule has 1 N–H and O–H groups in total. The van der Waals surface area contributed by atoms with Crippen LogP contribution in [-0.4, -0.2) is 30.8 Å². The molecule has 1 saturated heterocycles. The van der Waals surface area contributed by atoms with Crippen LogP contribution in [0.5, 0.6) is 5.75 Å². The third-order valence-corrected chi connectivity index (χ3v) is 5.21. The third-order valence-electron chi connectivity index (χ3n) is 5.21. The van der Waals surface area contributed by atoms with Gasteiger partial charge < -0.3 is 14.8 Å². The lowest BCUT2D eigenvalue weighted by molar-refractivity contribution is 0.114. The van der Waals surface area contributed by atoms with Gasteiger partial charge in [0, 0.05) is 18.8 Å². The van der Waals surface area contributed by atoms with Gasteiger partial charge >= 0.3 is 0 Å². The quantitative estimate of drug-likeness (QED) is 0.710. The molecule has 2 aromatic rings. The van der Waals surface area contributed by atoms with Gasteiger partial charge in [-0.1, -0.05) is 30.3 Å². The minimum Gasteiger partial charge on any atom is -0.490 e.